The standard InChI is InChI=1S/C23H27ClN2O3/c1-16-7-9-25(10-8-16)11-12-29-22-14-19(5-6-21(22)28-2)26-15-17-3-4-18(24)13-20(17)23(26)27/h3-6,13-16,27H,7-12H2,1-2H3. The largest absolute Gasteiger partial charge is 0.494 e. The molecule has 1 aliphatic rings. The van der Waals surface area contributed by atoms with Crippen molar-refractivity contribution >= 4 is 22.4 Å². The second-order valence-electron chi connectivity index (χ2n) is 7.76. The second kappa shape index (κ2) is 8.56. The van der Waals surface area contributed by atoms with Gasteiger partial charge in [-0.3, -0.25) is 9.47 Å². The number of likely N-dealkylation sites (tertiary alicyclic amines) is 1. The number of hydrogen-bond donors (Lipinski definition) is 1. The van der Waals surface area contributed by atoms with Crippen LogP contribution in [0, 0.1) is 5.92 Å². The molecule has 0 aliphatic carbocycles. The fourth-order valence-electron chi connectivity index (χ4n) is 3.86. The lowest BCUT2D eigenvalue weighted by Gasteiger charge is -2.30. The second-order valence-corrected chi connectivity index (χ2v) is 8.20. The van der Waals surface area contributed by atoms with Gasteiger partial charge in [-0.25, -0.2) is 0 Å². The molecule has 0 radical (unpaired) electrons. The van der Waals surface area contributed by atoms with E-state index in [-0.39, 0.29) is 5.88 Å². The Morgan fingerprint density at radius 1 is 1.10 bits per heavy atom. The number of piperidine rings is 1. The summed E-state index contributed by atoms with van der Waals surface area (Å²) in [5.74, 6) is 2.33. The van der Waals surface area contributed by atoms with Crippen molar-refractivity contribution in [1.82, 2.24) is 9.47 Å². The zero-order chi connectivity index (χ0) is 20.4. The molecule has 0 spiro atoms. The number of halogens is 1. The van der Waals surface area contributed by atoms with Crippen molar-refractivity contribution in [2.24, 2.45) is 5.92 Å². The predicted octanol–water partition coefficient (Wildman–Crippen LogP) is 5.11. The van der Waals surface area contributed by atoms with Gasteiger partial charge in [0.1, 0.15) is 6.61 Å². The van der Waals surface area contributed by atoms with E-state index in [0.29, 0.717) is 23.1 Å². The first kappa shape index (κ1) is 19.9. The molecule has 1 N–H and O–H groups in total. The molecular weight excluding hydrogens is 388 g/mol. The molecule has 2 aromatic carbocycles. The summed E-state index contributed by atoms with van der Waals surface area (Å²) in [6.45, 7) is 6.08. The maximum absolute atomic E-state index is 10.7. The van der Waals surface area contributed by atoms with Crippen molar-refractivity contribution in [3.05, 3.63) is 47.6 Å². The Balaban J connectivity index is 1.53. The van der Waals surface area contributed by atoms with Gasteiger partial charge >= 0.3 is 0 Å². The number of hydrogen-bond acceptors (Lipinski definition) is 4. The summed E-state index contributed by atoms with van der Waals surface area (Å²) in [7, 11) is 1.64. The Hall–Kier alpha value is -2.37. The molecule has 29 heavy (non-hydrogen) atoms. The average Bonchev–Trinajstić information content (AvgIpc) is 3.05. The number of fused-ring (bicyclic) bond motifs is 1. The molecule has 1 aliphatic heterocycles. The molecule has 0 amide bonds. The van der Waals surface area contributed by atoms with Crippen LogP contribution < -0.4 is 9.47 Å². The molecule has 0 atom stereocenters. The van der Waals surface area contributed by atoms with Gasteiger partial charge in [0.2, 0.25) is 5.88 Å². The van der Waals surface area contributed by atoms with Crippen LogP contribution in [0.25, 0.3) is 16.5 Å². The summed E-state index contributed by atoms with van der Waals surface area (Å²) in [4.78, 5) is 2.45. The zero-order valence-electron chi connectivity index (χ0n) is 16.9. The van der Waals surface area contributed by atoms with Crippen molar-refractivity contribution in [3.63, 3.8) is 0 Å². The Labute approximate surface area is 176 Å². The van der Waals surface area contributed by atoms with Crippen molar-refractivity contribution in [2.45, 2.75) is 19.8 Å². The fourth-order valence-corrected chi connectivity index (χ4v) is 4.03. The van der Waals surface area contributed by atoms with Crippen LogP contribution in [0.4, 0.5) is 0 Å². The van der Waals surface area contributed by atoms with Crippen LogP contribution >= 0.6 is 11.6 Å². The summed E-state index contributed by atoms with van der Waals surface area (Å²) < 4.78 is 13.3. The van der Waals surface area contributed by atoms with Gasteiger partial charge in [-0.05, 0) is 56.1 Å². The molecule has 1 fully saturated rings. The normalized spacial score (nSPS) is 15.7. The number of methoxy groups -OCH3 is 1. The maximum atomic E-state index is 10.7. The van der Waals surface area contributed by atoms with Crippen LogP contribution in [0.5, 0.6) is 17.4 Å². The summed E-state index contributed by atoms with van der Waals surface area (Å²) in [6.07, 6.45) is 4.40. The van der Waals surface area contributed by atoms with Gasteiger partial charge in [-0.2, -0.15) is 0 Å². The highest BCUT2D eigenvalue weighted by molar-refractivity contribution is 6.31. The van der Waals surface area contributed by atoms with E-state index in [4.69, 9.17) is 21.1 Å². The SMILES string of the molecule is COc1ccc(-n2cc3ccc(Cl)cc3c2O)cc1OCCN1CCC(C)CC1. The Morgan fingerprint density at radius 3 is 2.66 bits per heavy atom. The predicted molar refractivity (Wildman–Crippen MR) is 117 cm³/mol. The molecule has 0 bridgehead atoms. The van der Waals surface area contributed by atoms with Gasteiger partial charge in [0, 0.05) is 34.6 Å². The lowest BCUT2D eigenvalue weighted by Crippen LogP contribution is -2.35. The van der Waals surface area contributed by atoms with Gasteiger partial charge in [0.05, 0.1) is 12.8 Å². The summed E-state index contributed by atoms with van der Waals surface area (Å²) in [5, 5.41) is 12.9. The summed E-state index contributed by atoms with van der Waals surface area (Å²) >= 11 is 6.08. The van der Waals surface area contributed by atoms with Crippen molar-refractivity contribution in [2.75, 3.05) is 33.4 Å². The molecule has 4 rings (SSSR count). The molecular formula is C23H27ClN2O3. The van der Waals surface area contributed by atoms with Crippen LogP contribution in [-0.2, 0) is 0 Å². The number of nitrogens with zero attached hydrogens (tertiary/aromatic N) is 2. The van der Waals surface area contributed by atoms with Crippen molar-refractivity contribution in [1.29, 1.82) is 0 Å². The summed E-state index contributed by atoms with van der Waals surface area (Å²) in [6, 6.07) is 11.1. The zero-order valence-corrected chi connectivity index (χ0v) is 17.7. The highest BCUT2D eigenvalue weighted by Gasteiger charge is 2.16. The molecule has 1 saturated heterocycles. The monoisotopic (exact) mass is 414 g/mol. The van der Waals surface area contributed by atoms with Crippen molar-refractivity contribution in [3.8, 4) is 23.1 Å². The van der Waals surface area contributed by atoms with Gasteiger partial charge in [-0.15, -0.1) is 0 Å². The lowest BCUT2D eigenvalue weighted by atomic mass is 9.99. The number of aromatic nitrogens is 1. The third-order valence-corrected chi connectivity index (χ3v) is 5.95. The quantitative estimate of drug-likeness (QED) is 0.609. The molecule has 1 aromatic heterocycles. The van der Waals surface area contributed by atoms with Gasteiger partial charge in [-0.1, -0.05) is 24.6 Å². The number of rotatable bonds is 6. The summed E-state index contributed by atoms with van der Waals surface area (Å²) in [5.41, 5.74) is 0.803. The highest BCUT2D eigenvalue weighted by Crippen LogP contribution is 2.35. The molecule has 3 aromatic rings. The number of ether oxygens (including phenoxy) is 2. The van der Waals surface area contributed by atoms with E-state index in [0.717, 1.165) is 42.0 Å². The van der Waals surface area contributed by atoms with Gasteiger partial charge in [0.15, 0.2) is 11.5 Å². The van der Waals surface area contributed by atoms with Crippen LogP contribution in [-0.4, -0.2) is 47.9 Å². The average molecular weight is 415 g/mol. The van der Waals surface area contributed by atoms with Crippen LogP contribution in [0.2, 0.25) is 5.02 Å². The highest BCUT2D eigenvalue weighted by atomic mass is 35.5. The lowest BCUT2D eigenvalue weighted by molar-refractivity contribution is 0.158. The van der Waals surface area contributed by atoms with E-state index < -0.39 is 0 Å². The third-order valence-electron chi connectivity index (χ3n) is 5.72. The fraction of sp³-hybridized carbons (Fsp3) is 0.391. The first-order chi connectivity index (χ1) is 14.0. The topological polar surface area (TPSA) is 46.9 Å². The van der Waals surface area contributed by atoms with E-state index in [1.54, 1.807) is 17.7 Å². The molecule has 0 unspecified atom stereocenters. The van der Waals surface area contributed by atoms with E-state index in [9.17, 15) is 5.11 Å². The van der Waals surface area contributed by atoms with Gasteiger partial charge < -0.3 is 14.6 Å². The molecule has 5 nitrogen and oxygen atoms in total. The van der Waals surface area contributed by atoms with E-state index in [1.807, 2.05) is 36.5 Å². The smallest absolute Gasteiger partial charge is 0.203 e. The molecule has 2 heterocycles. The minimum atomic E-state index is 0.154. The first-order valence-electron chi connectivity index (χ1n) is 10.1. The first-order valence-corrected chi connectivity index (χ1v) is 10.5. The van der Waals surface area contributed by atoms with Crippen LogP contribution in [0.1, 0.15) is 19.8 Å². The van der Waals surface area contributed by atoms with Crippen molar-refractivity contribution < 1.29 is 14.6 Å². The van der Waals surface area contributed by atoms with Gasteiger partial charge in [0.25, 0.3) is 0 Å². The van der Waals surface area contributed by atoms with E-state index in [2.05, 4.69) is 11.8 Å². The minimum Gasteiger partial charge on any atom is -0.494 e. The molecule has 6 heteroatoms. The Kier molecular flexibility index (Phi) is 5.88. The maximum Gasteiger partial charge on any atom is 0.203 e. The Bertz CT molecular complexity index is 993. The molecule has 154 valence electrons. The minimum absolute atomic E-state index is 0.154. The number of aromatic hydroxyl groups is 1. The third kappa shape index (κ3) is 4.31. The van der Waals surface area contributed by atoms with E-state index >= 15 is 0 Å². The van der Waals surface area contributed by atoms with E-state index in [1.165, 1.54) is 12.8 Å². The van der Waals surface area contributed by atoms with Crippen LogP contribution in [0.3, 0.4) is 0 Å². The Morgan fingerprint density at radius 2 is 1.90 bits per heavy atom. The number of benzene rings is 2. The van der Waals surface area contributed by atoms with Crippen LogP contribution in [0.15, 0.2) is 42.6 Å². The molecule has 0 saturated carbocycles.